The van der Waals surface area contributed by atoms with Gasteiger partial charge in [-0.15, -0.1) is 0 Å². The first-order valence-electron chi connectivity index (χ1n) is 10.9. The van der Waals surface area contributed by atoms with Crippen molar-refractivity contribution >= 4 is 38.6 Å². The van der Waals surface area contributed by atoms with Gasteiger partial charge < -0.3 is 21.0 Å². The number of nitrogens with two attached hydrogens (primary N) is 1. The summed E-state index contributed by atoms with van der Waals surface area (Å²) in [6.45, 7) is 6.36. The average Bonchev–Trinajstić information content (AvgIpc) is 3.45. The lowest BCUT2D eigenvalue weighted by Crippen LogP contribution is -2.30. The van der Waals surface area contributed by atoms with Crippen molar-refractivity contribution in [2.45, 2.75) is 25.3 Å². The number of rotatable bonds is 10. The number of benzene rings is 2. The van der Waals surface area contributed by atoms with E-state index in [-0.39, 0.29) is 11.9 Å². The van der Waals surface area contributed by atoms with Crippen molar-refractivity contribution in [2.75, 3.05) is 25.0 Å². The van der Waals surface area contributed by atoms with Gasteiger partial charge in [0.15, 0.2) is 0 Å². The lowest BCUT2D eigenvalue weighted by molar-refractivity contribution is -0.127. The number of likely N-dealkylation sites (tertiary alicyclic amines) is 1. The molecule has 4 N–H and O–H groups in total. The van der Waals surface area contributed by atoms with Crippen LogP contribution in [0, 0.1) is 0 Å². The fourth-order valence-corrected chi connectivity index (χ4v) is 4.28. The smallest absolute Gasteiger partial charge is 0.222 e. The maximum Gasteiger partial charge on any atom is 0.222 e. The number of amides is 1. The topological polar surface area (TPSA) is 115 Å². The average molecular weight is 511 g/mol. The molecule has 1 saturated heterocycles. The molecule has 172 valence electrons. The first-order valence-corrected chi connectivity index (χ1v) is 11.6. The highest BCUT2D eigenvalue weighted by atomic mass is 79.9. The number of carbonyl (C=O) groups is 1. The predicted octanol–water partition coefficient (Wildman–Crippen LogP) is 4.55. The molecule has 1 amide bonds. The van der Waals surface area contributed by atoms with Crippen LogP contribution in [0.15, 0.2) is 76.0 Å². The third-order valence-electron chi connectivity index (χ3n) is 5.73. The molecular formula is C23H27BrN8O. The number of nitrogens with zero attached hydrogens (tertiary/aromatic N) is 5. The Morgan fingerprint density at radius 3 is 2.88 bits per heavy atom. The number of anilines is 1. The molecule has 4 rings (SSSR count). The molecule has 1 fully saturated rings. The number of nitrogens with one attached hydrogen (secondary N) is 2. The van der Waals surface area contributed by atoms with Gasteiger partial charge in [-0.1, -0.05) is 39.9 Å². The first-order chi connectivity index (χ1) is 16.0. The summed E-state index contributed by atoms with van der Waals surface area (Å²) >= 11 is 3.50. The standard InChI is InChI=1S/C23H27BrN8O/c1-16(32(30-29-25)13-3-12-31-11-2-4-22(31)33)23(17-5-7-18(24)8-6-17)28-19-9-10-20-21(14-19)27-15-26-20/h5-10,14-15,23,28H,1-4,11-13H2,(H2,25,30)(H,26,27). The molecule has 0 radical (unpaired) electrons. The number of hydrogen-bond acceptors (Lipinski definition) is 5. The third kappa shape index (κ3) is 5.51. The molecule has 33 heavy (non-hydrogen) atoms. The van der Waals surface area contributed by atoms with E-state index in [1.54, 1.807) is 11.3 Å². The molecule has 0 aliphatic carbocycles. The molecule has 0 spiro atoms. The number of fused-ring (bicyclic) bond motifs is 1. The summed E-state index contributed by atoms with van der Waals surface area (Å²) < 4.78 is 0.988. The molecule has 1 aliphatic heterocycles. The Morgan fingerprint density at radius 2 is 2.15 bits per heavy atom. The number of hydrogen-bond donors (Lipinski definition) is 3. The maximum atomic E-state index is 11.9. The second kappa shape index (κ2) is 10.5. The molecule has 1 aromatic heterocycles. The van der Waals surface area contributed by atoms with E-state index in [0.29, 0.717) is 25.2 Å². The van der Waals surface area contributed by atoms with E-state index in [1.807, 2.05) is 47.4 Å². The van der Waals surface area contributed by atoms with Gasteiger partial charge in [-0.25, -0.2) is 9.99 Å². The summed E-state index contributed by atoms with van der Waals surface area (Å²) in [7, 11) is 0. The van der Waals surface area contributed by atoms with E-state index in [9.17, 15) is 4.79 Å². The van der Waals surface area contributed by atoms with E-state index in [4.69, 9.17) is 5.84 Å². The summed E-state index contributed by atoms with van der Waals surface area (Å²) in [5, 5.41) is 12.9. The zero-order valence-electron chi connectivity index (χ0n) is 18.2. The van der Waals surface area contributed by atoms with Crippen LogP contribution >= 0.6 is 15.9 Å². The van der Waals surface area contributed by atoms with Crippen molar-refractivity contribution in [1.29, 1.82) is 0 Å². The van der Waals surface area contributed by atoms with Gasteiger partial charge in [-0.05, 0) is 54.0 Å². The van der Waals surface area contributed by atoms with Crippen LogP contribution in [0.1, 0.15) is 30.9 Å². The highest BCUT2D eigenvalue weighted by molar-refractivity contribution is 9.10. The summed E-state index contributed by atoms with van der Waals surface area (Å²) in [6, 6.07) is 13.7. The van der Waals surface area contributed by atoms with Crippen molar-refractivity contribution in [3.8, 4) is 0 Å². The fraction of sp³-hybridized carbons (Fsp3) is 0.304. The lowest BCUT2D eigenvalue weighted by atomic mass is 10.0. The Balaban J connectivity index is 1.54. The number of halogens is 1. The van der Waals surface area contributed by atoms with Crippen LogP contribution in [0.3, 0.4) is 0 Å². The largest absolute Gasteiger partial charge is 0.373 e. The van der Waals surface area contributed by atoms with Crippen LogP contribution in [-0.2, 0) is 4.79 Å². The number of imidazole rings is 1. The van der Waals surface area contributed by atoms with Gasteiger partial charge in [0, 0.05) is 36.2 Å². The number of aromatic amines is 1. The highest BCUT2D eigenvalue weighted by Crippen LogP contribution is 2.30. The quantitative estimate of drug-likeness (QED) is 0.210. The molecule has 9 nitrogen and oxygen atoms in total. The lowest BCUT2D eigenvalue weighted by Gasteiger charge is -2.29. The van der Waals surface area contributed by atoms with Crippen molar-refractivity contribution in [1.82, 2.24) is 19.9 Å². The Kier molecular flexibility index (Phi) is 7.23. The molecule has 1 aliphatic rings. The minimum Gasteiger partial charge on any atom is -0.373 e. The van der Waals surface area contributed by atoms with E-state index >= 15 is 0 Å². The van der Waals surface area contributed by atoms with Crippen LogP contribution in [0.4, 0.5) is 5.69 Å². The second-order valence-electron chi connectivity index (χ2n) is 7.92. The van der Waals surface area contributed by atoms with Gasteiger partial charge in [-0.2, -0.15) is 0 Å². The molecule has 0 saturated carbocycles. The number of H-pyrrole nitrogens is 1. The molecule has 1 atom stereocenters. The molecular weight excluding hydrogens is 484 g/mol. The summed E-state index contributed by atoms with van der Waals surface area (Å²) in [4.78, 5) is 21.3. The van der Waals surface area contributed by atoms with Gasteiger partial charge in [0.2, 0.25) is 5.91 Å². The highest BCUT2D eigenvalue weighted by Gasteiger charge is 2.23. The van der Waals surface area contributed by atoms with Crippen molar-refractivity contribution in [2.24, 2.45) is 16.3 Å². The van der Waals surface area contributed by atoms with Crippen LogP contribution < -0.4 is 11.2 Å². The second-order valence-corrected chi connectivity index (χ2v) is 8.84. The van der Waals surface area contributed by atoms with Gasteiger partial charge >= 0.3 is 0 Å². The minimum atomic E-state index is -0.284. The fourth-order valence-electron chi connectivity index (χ4n) is 4.01. The van der Waals surface area contributed by atoms with E-state index in [1.165, 1.54) is 0 Å². The van der Waals surface area contributed by atoms with Crippen molar-refractivity contribution in [3.63, 3.8) is 0 Å². The van der Waals surface area contributed by atoms with Crippen LogP contribution in [0.2, 0.25) is 0 Å². The van der Waals surface area contributed by atoms with Crippen molar-refractivity contribution in [3.05, 3.63) is 71.1 Å². The molecule has 2 aromatic carbocycles. The van der Waals surface area contributed by atoms with E-state index in [2.05, 4.69) is 48.2 Å². The molecule has 0 bridgehead atoms. The Hall–Kier alpha value is -3.40. The summed E-state index contributed by atoms with van der Waals surface area (Å²) in [5.74, 6) is 5.63. The van der Waals surface area contributed by atoms with Crippen LogP contribution in [0.25, 0.3) is 11.0 Å². The Morgan fingerprint density at radius 1 is 1.33 bits per heavy atom. The van der Waals surface area contributed by atoms with Gasteiger partial charge in [0.25, 0.3) is 0 Å². The predicted molar refractivity (Wildman–Crippen MR) is 132 cm³/mol. The number of carbonyl (C=O) groups excluding carboxylic acids is 1. The van der Waals surface area contributed by atoms with E-state index < -0.39 is 0 Å². The summed E-state index contributed by atoms with van der Waals surface area (Å²) in [5.41, 5.74) is 4.44. The van der Waals surface area contributed by atoms with Crippen LogP contribution in [-0.4, -0.2) is 45.4 Å². The van der Waals surface area contributed by atoms with Crippen LogP contribution in [0.5, 0.6) is 0 Å². The van der Waals surface area contributed by atoms with Gasteiger partial charge in [-0.3, -0.25) is 4.79 Å². The normalized spacial score (nSPS) is 14.8. The monoisotopic (exact) mass is 510 g/mol. The summed E-state index contributed by atoms with van der Waals surface area (Å²) in [6.07, 6.45) is 3.96. The van der Waals surface area contributed by atoms with E-state index in [0.717, 1.165) is 46.1 Å². The maximum absolute atomic E-state index is 11.9. The molecule has 10 heteroatoms. The molecule has 3 aromatic rings. The number of aromatic nitrogens is 2. The zero-order chi connectivity index (χ0) is 23.2. The van der Waals surface area contributed by atoms with Gasteiger partial charge in [0.1, 0.15) is 0 Å². The Bertz CT molecular complexity index is 1140. The van der Waals surface area contributed by atoms with Crippen molar-refractivity contribution < 1.29 is 4.79 Å². The zero-order valence-corrected chi connectivity index (χ0v) is 19.8. The molecule has 2 heterocycles. The minimum absolute atomic E-state index is 0.212. The third-order valence-corrected chi connectivity index (χ3v) is 6.26. The Labute approximate surface area is 200 Å². The SMILES string of the molecule is C=C(C(Nc1ccc2[nH]cnc2c1)c1ccc(Br)cc1)N(CCCN1CCCC1=O)/N=N\N. The molecule has 1 unspecified atom stereocenters. The van der Waals surface area contributed by atoms with Gasteiger partial charge in [0.05, 0.1) is 29.1 Å². The first kappa shape index (κ1) is 22.8.